The van der Waals surface area contributed by atoms with Gasteiger partial charge in [0.05, 0.1) is 12.7 Å². The van der Waals surface area contributed by atoms with Gasteiger partial charge < -0.3 is 10.2 Å². The van der Waals surface area contributed by atoms with Crippen molar-refractivity contribution in [3.8, 4) is 0 Å². The predicted molar refractivity (Wildman–Crippen MR) is 112 cm³/mol. The highest BCUT2D eigenvalue weighted by atomic mass is 32.2. The molecule has 0 spiro atoms. The predicted octanol–water partition coefficient (Wildman–Crippen LogP) is 4.26. The maximum Gasteiger partial charge on any atom is 0.226 e. The van der Waals surface area contributed by atoms with E-state index in [2.05, 4.69) is 22.5 Å². The highest BCUT2D eigenvalue weighted by molar-refractivity contribution is 7.99. The molecule has 5 nitrogen and oxygen atoms in total. The zero-order valence-corrected chi connectivity index (χ0v) is 16.7. The molecule has 7 heteroatoms. The van der Waals surface area contributed by atoms with Crippen LogP contribution in [0.4, 0.5) is 15.9 Å². The number of thioether (sulfide) groups is 1. The summed E-state index contributed by atoms with van der Waals surface area (Å²) in [6.07, 6.45) is 1.96. The number of halogens is 1. The van der Waals surface area contributed by atoms with Crippen molar-refractivity contribution in [2.75, 3.05) is 30.1 Å². The summed E-state index contributed by atoms with van der Waals surface area (Å²) in [7, 11) is 4.00. The molecule has 1 amide bonds. The van der Waals surface area contributed by atoms with E-state index in [9.17, 15) is 9.18 Å². The molecule has 0 bridgehead atoms. The molecule has 0 fully saturated rings. The van der Waals surface area contributed by atoms with Gasteiger partial charge in [-0.1, -0.05) is 24.3 Å². The van der Waals surface area contributed by atoms with E-state index in [0.29, 0.717) is 29.4 Å². The Hall–Kier alpha value is -2.80. The number of hydrogen-bond acceptors (Lipinski definition) is 4. The van der Waals surface area contributed by atoms with Gasteiger partial charge >= 0.3 is 0 Å². The first-order chi connectivity index (χ1) is 13.5. The van der Waals surface area contributed by atoms with E-state index >= 15 is 0 Å². The molecule has 0 aliphatic heterocycles. The topological polar surface area (TPSA) is 50.2 Å². The minimum atomic E-state index is -0.258. The lowest BCUT2D eigenvalue weighted by atomic mass is 10.2. The number of carbonyl (C=O) groups excluding carboxylic acids is 1. The molecule has 1 N–H and O–H groups in total. The van der Waals surface area contributed by atoms with Crippen molar-refractivity contribution in [1.29, 1.82) is 0 Å². The monoisotopic (exact) mass is 398 g/mol. The Kier molecular flexibility index (Phi) is 6.71. The van der Waals surface area contributed by atoms with Crippen LogP contribution in [0.2, 0.25) is 0 Å². The average Bonchev–Trinajstić information content (AvgIpc) is 3.10. The summed E-state index contributed by atoms with van der Waals surface area (Å²) < 4.78 is 15.4. The zero-order chi connectivity index (χ0) is 19.9. The molecule has 0 aliphatic carbocycles. The number of hydrogen-bond donors (Lipinski definition) is 1. The maximum atomic E-state index is 13.6. The first kappa shape index (κ1) is 19.9. The number of benzene rings is 2. The van der Waals surface area contributed by atoms with Gasteiger partial charge in [-0.15, -0.1) is 11.8 Å². The second-order valence-corrected chi connectivity index (χ2v) is 7.65. The molecule has 0 unspecified atom stereocenters. The van der Waals surface area contributed by atoms with Crippen molar-refractivity contribution in [3.05, 3.63) is 72.2 Å². The summed E-state index contributed by atoms with van der Waals surface area (Å²) in [4.78, 5) is 14.8. The van der Waals surface area contributed by atoms with Crippen LogP contribution in [0.25, 0.3) is 0 Å². The third-order valence-corrected chi connectivity index (χ3v) is 5.24. The second-order valence-electron chi connectivity index (χ2n) is 6.51. The fourth-order valence-corrected chi connectivity index (χ4v) is 3.55. The second kappa shape index (κ2) is 9.41. The van der Waals surface area contributed by atoms with Crippen molar-refractivity contribution >= 4 is 29.2 Å². The van der Waals surface area contributed by atoms with Crippen LogP contribution in [0.15, 0.2) is 65.7 Å². The number of aromatic nitrogens is 2. The van der Waals surface area contributed by atoms with Crippen LogP contribution in [-0.4, -0.2) is 35.5 Å². The maximum absolute atomic E-state index is 13.6. The van der Waals surface area contributed by atoms with Gasteiger partial charge in [-0.05, 0) is 29.8 Å². The van der Waals surface area contributed by atoms with Crippen molar-refractivity contribution in [2.45, 2.75) is 17.9 Å². The third-order valence-electron chi connectivity index (χ3n) is 4.19. The molecular formula is C21H23FN4OS. The van der Waals surface area contributed by atoms with Crippen LogP contribution in [0.3, 0.4) is 0 Å². The van der Waals surface area contributed by atoms with Crippen LogP contribution in [0.5, 0.6) is 0 Å². The van der Waals surface area contributed by atoms with Gasteiger partial charge in [0.15, 0.2) is 0 Å². The first-order valence-electron chi connectivity index (χ1n) is 8.98. The van der Waals surface area contributed by atoms with Gasteiger partial charge in [0.25, 0.3) is 0 Å². The van der Waals surface area contributed by atoms with Gasteiger partial charge in [0.1, 0.15) is 11.6 Å². The fraction of sp³-hybridized carbons (Fsp3) is 0.238. The molecule has 0 saturated heterocycles. The fourth-order valence-electron chi connectivity index (χ4n) is 2.66. The standard InChI is InChI=1S/C21H23FN4OS/c1-25(2)17-9-7-16(8-10-17)15-26-20(11-13-23-26)24-21(27)12-14-28-19-6-4-3-5-18(19)22/h3-11,13H,12,14-15H2,1-2H3,(H,24,27). The van der Waals surface area contributed by atoms with E-state index < -0.39 is 0 Å². The van der Waals surface area contributed by atoms with Crippen molar-refractivity contribution < 1.29 is 9.18 Å². The van der Waals surface area contributed by atoms with E-state index in [1.165, 1.54) is 17.8 Å². The van der Waals surface area contributed by atoms with Crippen LogP contribution in [-0.2, 0) is 11.3 Å². The van der Waals surface area contributed by atoms with Gasteiger partial charge in [-0.3, -0.25) is 4.79 Å². The molecule has 28 heavy (non-hydrogen) atoms. The summed E-state index contributed by atoms with van der Waals surface area (Å²) >= 11 is 1.34. The quantitative estimate of drug-likeness (QED) is 0.576. The smallest absolute Gasteiger partial charge is 0.226 e. The summed E-state index contributed by atoms with van der Waals surface area (Å²) in [6.45, 7) is 0.570. The lowest BCUT2D eigenvalue weighted by Crippen LogP contribution is -2.16. The van der Waals surface area contributed by atoms with Crippen LogP contribution >= 0.6 is 11.8 Å². The number of nitrogens with one attached hydrogen (secondary N) is 1. The number of anilines is 2. The van der Waals surface area contributed by atoms with Crippen molar-refractivity contribution in [3.63, 3.8) is 0 Å². The molecule has 0 radical (unpaired) electrons. The van der Waals surface area contributed by atoms with Gasteiger partial charge in [-0.25, -0.2) is 9.07 Å². The molecule has 1 heterocycles. The van der Waals surface area contributed by atoms with Crippen molar-refractivity contribution in [2.24, 2.45) is 0 Å². The molecule has 3 rings (SSSR count). The van der Waals surface area contributed by atoms with E-state index in [-0.39, 0.29) is 11.7 Å². The largest absolute Gasteiger partial charge is 0.378 e. The summed E-state index contributed by atoms with van der Waals surface area (Å²) in [5, 5.41) is 7.19. The minimum Gasteiger partial charge on any atom is -0.378 e. The number of amides is 1. The van der Waals surface area contributed by atoms with E-state index in [0.717, 1.165) is 11.3 Å². The van der Waals surface area contributed by atoms with E-state index in [4.69, 9.17) is 0 Å². The first-order valence-corrected chi connectivity index (χ1v) is 9.97. The average molecular weight is 399 g/mol. The summed E-state index contributed by atoms with van der Waals surface area (Å²) in [5.74, 6) is 0.782. The lowest BCUT2D eigenvalue weighted by Gasteiger charge is -2.13. The Balaban J connectivity index is 1.53. The summed E-state index contributed by atoms with van der Waals surface area (Å²) in [5.41, 5.74) is 2.23. The normalized spacial score (nSPS) is 10.7. The van der Waals surface area contributed by atoms with Crippen LogP contribution in [0.1, 0.15) is 12.0 Å². The molecule has 0 aliphatic rings. The van der Waals surface area contributed by atoms with Gasteiger partial charge in [0.2, 0.25) is 5.91 Å². The van der Waals surface area contributed by atoms with E-state index in [1.54, 1.807) is 35.1 Å². The Morgan fingerprint density at radius 2 is 1.89 bits per heavy atom. The number of rotatable bonds is 8. The lowest BCUT2D eigenvalue weighted by molar-refractivity contribution is -0.115. The third kappa shape index (κ3) is 5.36. The zero-order valence-electron chi connectivity index (χ0n) is 15.9. The highest BCUT2D eigenvalue weighted by Gasteiger charge is 2.09. The Labute approximate surface area is 168 Å². The number of nitrogens with zero attached hydrogens (tertiary/aromatic N) is 3. The Morgan fingerprint density at radius 1 is 1.14 bits per heavy atom. The molecule has 3 aromatic rings. The van der Waals surface area contributed by atoms with E-state index in [1.807, 2.05) is 31.1 Å². The Bertz CT molecular complexity index is 924. The molecule has 1 aromatic heterocycles. The van der Waals surface area contributed by atoms with Gasteiger partial charge in [-0.2, -0.15) is 5.10 Å². The molecule has 146 valence electrons. The molecular weight excluding hydrogens is 375 g/mol. The van der Waals surface area contributed by atoms with Crippen LogP contribution < -0.4 is 10.2 Å². The minimum absolute atomic E-state index is 0.117. The molecule has 0 atom stereocenters. The molecule has 2 aromatic carbocycles. The SMILES string of the molecule is CN(C)c1ccc(Cn2nccc2NC(=O)CCSc2ccccc2F)cc1. The Morgan fingerprint density at radius 3 is 2.61 bits per heavy atom. The van der Waals surface area contributed by atoms with Crippen LogP contribution in [0, 0.1) is 5.82 Å². The number of carbonyl (C=O) groups is 1. The van der Waals surface area contributed by atoms with Crippen molar-refractivity contribution in [1.82, 2.24) is 9.78 Å². The molecule has 0 saturated carbocycles. The van der Waals surface area contributed by atoms with Gasteiger partial charge in [0, 0.05) is 42.9 Å². The highest BCUT2D eigenvalue weighted by Crippen LogP contribution is 2.22. The summed E-state index contributed by atoms with van der Waals surface area (Å²) in [6, 6.07) is 16.6.